The third-order valence-electron chi connectivity index (χ3n) is 4.67. The van der Waals surface area contributed by atoms with E-state index in [0.717, 1.165) is 11.1 Å². The zero-order valence-corrected chi connectivity index (χ0v) is 13.8. The van der Waals surface area contributed by atoms with E-state index in [4.69, 9.17) is 9.47 Å². The Morgan fingerprint density at radius 3 is 2.79 bits per heavy atom. The number of benzene rings is 1. The Morgan fingerprint density at radius 2 is 2.17 bits per heavy atom. The predicted octanol–water partition coefficient (Wildman–Crippen LogP) is 2.89. The summed E-state index contributed by atoms with van der Waals surface area (Å²) in [5.74, 6) is -1.58. The molecule has 6 nitrogen and oxygen atoms in total. The van der Waals surface area contributed by atoms with Gasteiger partial charge in [0.15, 0.2) is 12.1 Å². The maximum atomic E-state index is 12.3. The Balaban J connectivity index is 2.25. The monoisotopic (exact) mass is 326 g/mol. The first-order valence-corrected chi connectivity index (χ1v) is 7.67. The topological polar surface area (TPSA) is 79.6 Å². The van der Waals surface area contributed by atoms with Gasteiger partial charge in [0.1, 0.15) is 0 Å². The fraction of sp³-hybridized carbons (Fsp3) is 0.389. The third-order valence-corrected chi connectivity index (χ3v) is 4.67. The van der Waals surface area contributed by atoms with Gasteiger partial charge in [-0.15, -0.1) is 0 Å². The van der Waals surface area contributed by atoms with Crippen molar-refractivity contribution in [3.05, 3.63) is 41.5 Å². The Hall–Kier alpha value is -2.81. The van der Waals surface area contributed by atoms with Gasteiger partial charge >= 0.3 is 12.1 Å². The van der Waals surface area contributed by atoms with Crippen molar-refractivity contribution in [3.63, 3.8) is 0 Å². The SMILES string of the molecule is COC(=O)N1c2ccccc2[C@@]2(CC=C(C)C)[C@@H](C#N)C(=O)O[C@@H]12. The van der Waals surface area contributed by atoms with E-state index in [1.165, 1.54) is 12.0 Å². The number of ether oxygens (including phenoxy) is 2. The van der Waals surface area contributed by atoms with Gasteiger partial charge < -0.3 is 9.47 Å². The van der Waals surface area contributed by atoms with Crippen molar-refractivity contribution in [2.24, 2.45) is 5.92 Å². The van der Waals surface area contributed by atoms with Crippen LogP contribution >= 0.6 is 0 Å². The van der Waals surface area contributed by atoms with Gasteiger partial charge in [-0.3, -0.25) is 4.79 Å². The van der Waals surface area contributed by atoms with E-state index in [0.29, 0.717) is 12.1 Å². The first-order chi connectivity index (χ1) is 11.5. The molecule has 0 spiro atoms. The quantitative estimate of drug-likeness (QED) is 0.617. The summed E-state index contributed by atoms with van der Waals surface area (Å²) in [6.07, 6.45) is 0.902. The summed E-state index contributed by atoms with van der Waals surface area (Å²) in [7, 11) is 1.28. The van der Waals surface area contributed by atoms with Crippen molar-refractivity contribution in [2.45, 2.75) is 31.9 Å². The first kappa shape index (κ1) is 16.1. The van der Waals surface area contributed by atoms with Gasteiger partial charge in [-0.2, -0.15) is 5.26 Å². The lowest BCUT2D eigenvalue weighted by atomic mass is 9.70. The Bertz CT molecular complexity index is 775. The molecule has 0 bridgehead atoms. The molecule has 3 atom stereocenters. The van der Waals surface area contributed by atoms with E-state index in [1.54, 1.807) is 12.1 Å². The number of carbonyl (C=O) groups is 2. The molecule has 6 heteroatoms. The minimum Gasteiger partial charge on any atom is -0.452 e. The number of nitriles is 1. The predicted molar refractivity (Wildman–Crippen MR) is 86.0 cm³/mol. The number of anilines is 1. The number of amides is 1. The van der Waals surface area contributed by atoms with Crippen LogP contribution in [0.3, 0.4) is 0 Å². The number of esters is 1. The minimum atomic E-state index is -0.978. The Morgan fingerprint density at radius 1 is 1.46 bits per heavy atom. The van der Waals surface area contributed by atoms with Crippen LogP contribution in [0.25, 0.3) is 0 Å². The molecule has 1 fully saturated rings. The second-order valence-electron chi connectivity index (χ2n) is 6.23. The Labute approximate surface area is 140 Å². The summed E-state index contributed by atoms with van der Waals surface area (Å²) < 4.78 is 10.3. The third kappa shape index (κ3) is 2.01. The maximum absolute atomic E-state index is 12.3. The van der Waals surface area contributed by atoms with E-state index in [9.17, 15) is 14.9 Å². The molecule has 1 saturated heterocycles. The summed E-state index contributed by atoms with van der Waals surface area (Å²) in [6.45, 7) is 3.90. The second-order valence-corrected chi connectivity index (χ2v) is 6.23. The first-order valence-electron chi connectivity index (χ1n) is 7.67. The van der Waals surface area contributed by atoms with E-state index in [1.807, 2.05) is 32.1 Å². The largest absolute Gasteiger partial charge is 0.452 e. The molecule has 1 aromatic carbocycles. The Kier molecular flexibility index (Phi) is 3.80. The lowest BCUT2D eigenvalue weighted by molar-refractivity contribution is -0.142. The molecule has 0 radical (unpaired) electrons. The van der Waals surface area contributed by atoms with Crippen molar-refractivity contribution in [2.75, 3.05) is 12.0 Å². The number of fused-ring (bicyclic) bond motifs is 3. The van der Waals surface area contributed by atoms with Crippen LogP contribution in [-0.2, 0) is 19.7 Å². The molecular weight excluding hydrogens is 308 g/mol. The molecule has 2 aliphatic heterocycles. The highest BCUT2D eigenvalue weighted by Crippen LogP contribution is 2.56. The lowest BCUT2D eigenvalue weighted by Gasteiger charge is -2.30. The van der Waals surface area contributed by atoms with Crippen LogP contribution in [0.1, 0.15) is 25.8 Å². The molecule has 1 amide bonds. The fourth-order valence-corrected chi connectivity index (χ4v) is 3.57. The van der Waals surface area contributed by atoms with E-state index < -0.39 is 29.6 Å². The summed E-state index contributed by atoms with van der Waals surface area (Å²) in [5, 5.41) is 9.62. The van der Waals surface area contributed by atoms with Gasteiger partial charge in [0, 0.05) is 0 Å². The van der Waals surface area contributed by atoms with Gasteiger partial charge in [-0.25, -0.2) is 9.69 Å². The van der Waals surface area contributed by atoms with Crippen LogP contribution in [0.2, 0.25) is 0 Å². The van der Waals surface area contributed by atoms with E-state index >= 15 is 0 Å². The van der Waals surface area contributed by atoms with Crippen molar-refractivity contribution < 1.29 is 19.1 Å². The highest BCUT2D eigenvalue weighted by atomic mass is 16.6. The lowest BCUT2D eigenvalue weighted by Crippen LogP contribution is -2.47. The number of para-hydroxylation sites is 1. The van der Waals surface area contributed by atoms with Crippen molar-refractivity contribution in [1.29, 1.82) is 5.26 Å². The van der Waals surface area contributed by atoms with Crippen molar-refractivity contribution in [3.8, 4) is 6.07 Å². The molecule has 1 aromatic rings. The molecule has 0 aliphatic carbocycles. The molecular formula is C18H18N2O4. The second kappa shape index (κ2) is 5.68. The summed E-state index contributed by atoms with van der Waals surface area (Å²) in [5.41, 5.74) is 1.51. The molecule has 3 rings (SSSR count). The zero-order valence-electron chi connectivity index (χ0n) is 13.8. The normalized spacial score (nSPS) is 26.9. The summed E-state index contributed by atoms with van der Waals surface area (Å²) >= 11 is 0. The average molecular weight is 326 g/mol. The zero-order chi connectivity index (χ0) is 17.5. The van der Waals surface area contributed by atoms with Gasteiger partial charge in [0.2, 0.25) is 0 Å². The fourth-order valence-electron chi connectivity index (χ4n) is 3.57. The molecule has 2 heterocycles. The van der Waals surface area contributed by atoms with Crippen LogP contribution in [-0.4, -0.2) is 25.4 Å². The minimum absolute atomic E-state index is 0.425. The van der Waals surface area contributed by atoms with Crippen LogP contribution in [0.4, 0.5) is 10.5 Å². The molecule has 24 heavy (non-hydrogen) atoms. The molecule has 0 unspecified atom stereocenters. The van der Waals surface area contributed by atoms with E-state index in [-0.39, 0.29) is 0 Å². The van der Waals surface area contributed by atoms with Gasteiger partial charge in [0.25, 0.3) is 0 Å². The molecule has 0 saturated carbocycles. The van der Waals surface area contributed by atoms with E-state index in [2.05, 4.69) is 6.07 Å². The summed E-state index contributed by atoms with van der Waals surface area (Å²) in [6, 6.07) is 9.33. The number of hydrogen-bond donors (Lipinski definition) is 0. The standard InChI is InChI=1S/C18H18N2O4/c1-11(2)8-9-18-12-6-4-5-7-14(12)20(17(22)23-3)16(18)24-15(21)13(18)10-19/h4-8,13,16H,9H2,1-3H3/t13-,16+,18-/m0/s1. The van der Waals surface area contributed by atoms with Crippen LogP contribution in [0.5, 0.6) is 0 Å². The van der Waals surface area contributed by atoms with Crippen molar-refractivity contribution in [1.82, 2.24) is 0 Å². The van der Waals surface area contributed by atoms with Crippen molar-refractivity contribution >= 4 is 17.7 Å². The average Bonchev–Trinajstić information content (AvgIpc) is 2.99. The maximum Gasteiger partial charge on any atom is 0.417 e. The molecule has 2 aliphatic rings. The van der Waals surface area contributed by atoms with Gasteiger partial charge in [-0.1, -0.05) is 29.8 Å². The molecule has 0 aromatic heterocycles. The highest BCUT2D eigenvalue weighted by Gasteiger charge is 2.66. The molecule has 124 valence electrons. The number of carbonyl (C=O) groups excluding carboxylic acids is 2. The highest BCUT2D eigenvalue weighted by molar-refractivity contribution is 5.96. The number of methoxy groups -OCH3 is 1. The van der Waals surface area contributed by atoms with Crippen LogP contribution < -0.4 is 4.90 Å². The summed E-state index contributed by atoms with van der Waals surface area (Å²) in [4.78, 5) is 25.9. The van der Waals surface area contributed by atoms with Gasteiger partial charge in [0.05, 0.1) is 24.3 Å². The number of allylic oxidation sites excluding steroid dienone is 2. The number of hydrogen-bond acceptors (Lipinski definition) is 5. The molecule has 0 N–H and O–H groups in total. The van der Waals surface area contributed by atoms with Crippen LogP contribution in [0, 0.1) is 17.2 Å². The van der Waals surface area contributed by atoms with Crippen LogP contribution in [0.15, 0.2) is 35.9 Å². The smallest absolute Gasteiger partial charge is 0.417 e. The number of nitrogens with zero attached hydrogens (tertiary/aromatic N) is 2. The van der Waals surface area contributed by atoms with Gasteiger partial charge in [-0.05, 0) is 31.9 Å². The number of rotatable bonds is 2.